The Hall–Kier alpha value is -1.27. The summed E-state index contributed by atoms with van der Waals surface area (Å²) in [5.74, 6) is -0.680. The van der Waals surface area contributed by atoms with Crippen molar-refractivity contribution >= 4 is 27.6 Å². The zero-order valence-electron chi connectivity index (χ0n) is 7.81. The summed E-state index contributed by atoms with van der Waals surface area (Å²) in [5, 5.41) is 8.53. The van der Waals surface area contributed by atoms with Crippen molar-refractivity contribution in [2.24, 2.45) is 5.73 Å². The number of aliphatic carboxylic acids is 1. The van der Waals surface area contributed by atoms with E-state index in [-0.39, 0.29) is 6.61 Å². The number of carboxylic acid groups (broad SMARTS) is 1. The molecule has 0 spiro atoms. The van der Waals surface area contributed by atoms with Gasteiger partial charge in [0.15, 0.2) is 0 Å². The lowest BCUT2D eigenvalue weighted by molar-refractivity contribution is -0.139. The molecular weight excluding hydrogens is 264 g/mol. The molecule has 0 aromatic heterocycles. The lowest BCUT2D eigenvalue weighted by Gasteiger charge is -2.11. The van der Waals surface area contributed by atoms with Crippen LogP contribution in [0.15, 0.2) is 22.7 Å². The van der Waals surface area contributed by atoms with Gasteiger partial charge in [0.05, 0.1) is 5.69 Å². The molecule has 0 aliphatic heterocycles. The van der Waals surface area contributed by atoms with Gasteiger partial charge in [0, 0.05) is 4.47 Å². The lowest BCUT2D eigenvalue weighted by atomic mass is 10.3. The molecule has 0 aliphatic carbocycles. The van der Waals surface area contributed by atoms with Crippen LogP contribution in [-0.4, -0.2) is 23.7 Å². The molecule has 82 valence electrons. The standard InChI is InChI=1S/C9H11BrN2O3/c10-5-1-2-8(6(11)3-5)15-4-7(12)9(13)14/h1-3,7H,4,11-12H2,(H,13,14)/t7-/m0/s1. The highest BCUT2D eigenvalue weighted by atomic mass is 79.9. The van der Waals surface area contributed by atoms with Crippen LogP contribution in [0.3, 0.4) is 0 Å². The maximum absolute atomic E-state index is 10.4. The Balaban J connectivity index is 2.62. The minimum absolute atomic E-state index is 0.110. The van der Waals surface area contributed by atoms with Gasteiger partial charge in [-0.2, -0.15) is 0 Å². The van der Waals surface area contributed by atoms with Gasteiger partial charge < -0.3 is 21.3 Å². The molecule has 1 aromatic carbocycles. The summed E-state index contributed by atoms with van der Waals surface area (Å²) in [7, 11) is 0. The average Bonchev–Trinajstić information content (AvgIpc) is 2.15. The first-order valence-electron chi connectivity index (χ1n) is 4.17. The first kappa shape index (κ1) is 11.8. The number of hydrogen-bond donors (Lipinski definition) is 3. The van der Waals surface area contributed by atoms with E-state index in [1.54, 1.807) is 18.2 Å². The van der Waals surface area contributed by atoms with Crippen molar-refractivity contribution in [1.82, 2.24) is 0 Å². The fourth-order valence-corrected chi connectivity index (χ4v) is 1.28. The highest BCUT2D eigenvalue weighted by molar-refractivity contribution is 9.10. The molecule has 15 heavy (non-hydrogen) atoms. The molecule has 5 N–H and O–H groups in total. The van der Waals surface area contributed by atoms with Gasteiger partial charge in [-0.25, -0.2) is 0 Å². The van der Waals surface area contributed by atoms with Gasteiger partial charge in [0.1, 0.15) is 18.4 Å². The zero-order chi connectivity index (χ0) is 11.4. The average molecular weight is 275 g/mol. The molecule has 6 heteroatoms. The summed E-state index contributed by atoms with van der Waals surface area (Å²) < 4.78 is 5.99. The molecule has 0 bridgehead atoms. The largest absolute Gasteiger partial charge is 0.489 e. The maximum atomic E-state index is 10.4. The highest BCUT2D eigenvalue weighted by Crippen LogP contribution is 2.25. The van der Waals surface area contributed by atoms with Gasteiger partial charge in [0.2, 0.25) is 0 Å². The summed E-state index contributed by atoms with van der Waals surface area (Å²) in [6, 6.07) is 4.01. The predicted octanol–water partition coefficient (Wildman–Crippen LogP) is 0.822. The summed E-state index contributed by atoms with van der Waals surface area (Å²) in [5.41, 5.74) is 11.3. The smallest absolute Gasteiger partial charge is 0.324 e. The lowest BCUT2D eigenvalue weighted by Crippen LogP contribution is -2.36. The normalized spacial score (nSPS) is 12.1. The molecule has 0 fully saturated rings. The fourth-order valence-electron chi connectivity index (χ4n) is 0.902. The number of nitrogens with two attached hydrogens (primary N) is 2. The van der Waals surface area contributed by atoms with E-state index >= 15 is 0 Å². The predicted molar refractivity (Wildman–Crippen MR) is 59.7 cm³/mol. The molecule has 0 saturated carbocycles. The Morgan fingerprint density at radius 2 is 2.27 bits per heavy atom. The van der Waals surface area contributed by atoms with Gasteiger partial charge in [-0.05, 0) is 18.2 Å². The van der Waals surface area contributed by atoms with Crippen molar-refractivity contribution in [1.29, 1.82) is 0 Å². The molecule has 1 atom stereocenters. The molecule has 0 saturated heterocycles. The maximum Gasteiger partial charge on any atom is 0.324 e. The van der Waals surface area contributed by atoms with Gasteiger partial charge in [-0.1, -0.05) is 15.9 Å². The Morgan fingerprint density at radius 3 is 2.80 bits per heavy atom. The minimum atomic E-state index is -1.11. The van der Waals surface area contributed by atoms with Crippen molar-refractivity contribution in [2.45, 2.75) is 6.04 Å². The van der Waals surface area contributed by atoms with Crippen LogP contribution in [0.1, 0.15) is 0 Å². The first-order valence-corrected chi connectivity index (χ1v) is 4.96. The van der Waals surface area contributed by atoms with Crippen LogP contribution in [0.25, 0.3) is 0 Å². The van der Waals surface area contributed by atoms with Crippen molar-refractivity contribution in [3.63, 3.8) is 0 Å². The van der Waals surface area contributed by atoms with Crippen LogP contribution in [0, 0.1) is 0 Å². The summed E-state index contributed by atoms with van der Waals surface area (Å²) >= 11 is 3.25. The van der Waals surface area contributed by atoms with Crippen LogP contribution < -0.4 is 16.2 Å². The van der Waals surface area contributed by atoms with Crippen molar-refractivity contribution in [2.75, 3.05) is 12.3 Å². The van der Waals surface area contributed by atoms with Gasteiger partial charge in [-0.3, -0.25) is 4.79 Å². The van der Waals surface area contributed by atoms with E-state index in [0.717, 1.165) is 4.47 Å². The molecular formula is C9H11BrN2O3. The van der Waals surface area contributed by atoms with Crippen LogP contribution in [0.4, 0.5) is 5.69 Å². The Morgan fingerprint density at radius 1 is 1.60 bits per heavy atom. The third-order valence-corrected chi connectivity index (χ3v) is 2.20. The molecule has 1 aromatic rings. The van der Waals surface area contributed by atoms with Crippen molar-refractivity contribution < 1.29 is 14.6 Å². The monoisotopic (exact) mass is 274 g/mol. The fraction of sp³-hybridized carbons (Fsp3) is 0.222. The Labute approximate surface area is 95.1 Å². The molecule has 0 heterocycles. The van der Waals surface area contributed by atoms with E-state index in [4.69, 9.17) is 21.3 Å². The third kappa shape index (κ3) is 3.41. The van der Waals surface area contributed by atoms with E-state index in [2.05, 4.69) is 15.9 Å². The number of carbonyl (C=O) groups is 1. The van der Waals surface area contributed by atoms with Gasteiger partial charge in [-0.15, -0.1) is 0 Å². The molecule has 0 unspecified atom stereocenters. The molecule has 5 nitrogen and oxygen atoms in total. The second-order valence-electron chi connectivity index (χ2n) is 2.94. The number of nitrogen functional groups attached to an aromatic ring is 1. The number of halogens is 1. The van der Waals surface area contributed by atoms with Crippen LogP contribution >= 0.6 is 15.9 Å². The number of carboxylic acids is 1. The number of benzene rings is 1. The van der Waals surface area contributed by atoms with Crippen molar-refractivity contribution in [3.05, 3.63) is 22.7 Å². The first-order chi connectivity index (χ1) is 7.00. The second kappa shape index (κ2) is 4.99. The number of hydrogen-bond acceptors (Lipinski definition) is 4. The molecule has 1 rings (SSSR count). The van der Waals surface area contributed by atoms with Gasteiger partial charge in [0.25, 0.3) is 0 Å². The van der Waals surface area contributed by atoms with E-state index < -0.39 is 12.0 Å². The van der Waals surface area contributed by atoms with Crippen LogP contribution in [0.5, 0.6) is 5.75 Å². The summed E-state index contributed by atoms with van der Waals surface area (Å²) in [6.45, 7) is -0.110. The SMILES string of the molecule is Nc1cc(Br)ccc1OC[C@H](N)C(=O)O. The van der Waals surface area contributed by atoms with E-state index in [1.165, 1.54) is 0 Å². The quantitative estimate of drug-likeness (QED) is 0.707. The van der Waals surface area contributed by atoms with E-state index in [0.29, 0.717) is 11.4 Å². The summed E-state index contributed by atoms with van der Waals surface area (Å²) in [6.07, 6.45) is 0. The Bertz CT molecular complexity index is 370. The van der Waals surface area contributed by atoms with E-state index in [1.807, 2.05) is 0 Å². The Kier molecular flexibility index (Phi) is 3.93. The minimum Gasteiger partial charge on any atom is -0.489 e. The summed E-state index contributed by atoms with van der Waals surface area (Å²) in [4.78, 5) is 10.4. The topological polar surface area (TPSA) is 98.6 Å². The van der Waals surface area contributed by atoms with Crippen molar-refractivity contribution in [3.8, 4) is 5.75 Å². The number of ether oxygens (including phenoxy) is 1. The molecule has 0 aliphatic rings. The molecule has 0 radical (unpaired) electrons. The highest BCUT2D eigenvalue weighted by Gasteiger charge is 2.12. The third-order valence-electron chi connectivity index (χ3n) is 1.71. The molecule has 0 amide bonds. The van der Waals surface area contributed by atoms with E-state index in [9.17, 15) is 4.79 Å². The second-order valence-corrected chi connectivity index (χ2v) is 3.85. The number of rotatable bonds is 4. The van der Waals surface area contributed by atoms with Crippen LogP contribution in [0.2, 0.25) is 0 Å². The number of anilines is 1. The van der Waals surface area contributed by atoms with Gasteiger partial charge >= 0.3 is 5.97 Å². The van der Waals surface area contributed by atoms with Crippen LogP contribution in [-0.2, 0) is 4.79 Å². The zero-order valence-corrected chi connectivity index (χ0v) is 9.40.